The van der Waals surface area contributed by atoms with E-state index in [0.717, 1.165) is 14.7 Å². The summed E-state index contributed by atoms with van der Waals surface area (Å²) in [4.78, 5) is 24.9. The Balaban J connectivity index is 1.61. The summed E-state index contributed by atoms with van der Waals surface area (Å²) in [5, 5.41) is 3.96. The van der Waals surface area contributed by atoms with Crippen molar-refractivity contribution in [2.75, 3.05) is 27.9 Å². The molecule has 37 heavy (non-hydrogen) atoms. The van der Waals surface area contributed by atoms with Gasteiger partial charge in [0.25, 0.3) is 5.91 Å². The predicted molar refractivity (Wildman–Crippen MR) is 147 cm³/mol. The van der Waals surface area contributed by atoms with E-state index in [1.165, 1.54) is 39.7 Å². The molecule has 0 unspecified atom stereocenters. The molecule has 194 valence electrons. The average Bonchev–Trinajstić information content (AvgIpc) is 2.87. The maximum absolute atomic E-state index is 12.7. The Morgan fingerprint density at radius 1 is 0.919 bits per heavy atom. The predicted octanol–water partition coefficient (Wildman–Crippen LogP) is 4.68. The smallest absolute Gasteiger partial charge is 0.343 e. The van der Waals surface area contributed by atoms with E-state index in [4.69, 9.17) is 23.7 Å². The van der Waals surface area contributed by atoms with Gasteiger partial charge in [0, 0.05) is 3.57 Å². The van der Waals surface area contributed by atoms with Crippen LogP contribution in [0, 0.1) is 17.4 Å². The van der Waals surface area contributed by atoms with Crippen molar-refractivity contribution < 1.29 is 33.3 Å². The van der Waals surface area contributed by atoms with Crippen LogP contribution in [0.1, 0.15) is 27.0 Å². The molecule has 0 saturated carbocycles. The molecular formula is C27H27IN2O7. The van der Waals surface area contributed by atoms with Gasteiger partial charge in [0.15, 0.2) is 18.1 Å². The number of ether oxygens (including phenoxy) is 5. The maximum atomic E-state index is 12.7. The van der Waals surface area contributed by atoms with Crippen LogP contribution >= 0.6 is 22.6 Å². The van der Waals surface area contributed by atoms with Gasteiger partial charge in [0.1, 0.15) is 11.5 Å². The molecule has 0 heterocycles. The van der Waals surface area contributed by atoms with Crippen molar-refractivity contribution in [3.63, 3.8) is 0 Å². The molecule has 3 aromatic carbocycles. The van der Waals surface area contributed by atoms with Crippen molar-refractivity contribution in [3.8, 4) is 28.7 Å². The fourth-order valence-electron chi connectivity index (χ4n) is 3.50. The van der Waals surface area contributed by atoms with Crippen LogP contribution in [0.3, 0.4) is 0 Å². The van der Waals surface area contributed by atoms with Crippen molar-refractivity contribution in [1.82, 2.24) is 5.43 Å². The molecule has 0 aliphatic heterocycles. The fourth-order valence-corrected chi connectivity index (χ4v) is 4.43. The van der Waals surface area contributed by atoms with Gasteiger partial charge in [-0.15, -0.1) is 0 Å². The van der Waals surface area contributed by atoms with Gasteiger partial charge in [0.05, 0.1) is 33.1 Å². The highest BCUT2D eigenvalue weighted by molar-refractivity contribution is 14.1. The lowest BCUT2D eigenvalue weighted by molar-refractivity contribution is -0.123. The Kier molecular flexibility index (Phi) is 9.72. The summed E-state index contributed by atoms with van der Waals surface area (Å²) in [7, 11) is 4.40. The summed E-state index contributed by atoms with van der Waals surface area (Å²) in [5.74, 6) is 1.00. The molecule has 9 nitrogen and oxygen atoms in total. The van der Waals surface area contributed by atoms with Gasteiger partial charge in [-0.2, -0.15) is 5.10 Å². The third-order valence-electron chi connectivity index (χ3n) is 5.14. The van der Waals surface area contributed by atoms with Crippen molar-refractivity contribution in [3.05, 3.63) is 74.4 Å². The zero-order chi connectivity index (χ0) is 26.9. The number of nitrogens with zero attached hydrogens (tertiary/aromatic N) is 1. The first kappa shape index (κ1) is 27.8. The maximum Gasteiger partial charge on any atom is 0.343 e. The summed E-state index contributed by atoms with van der Waals surface area (Å²) in [6.07, 6.45) is 1.44. The summed E-state index contributed by atoms with van der Waals surface area (Å²) >= 11 is 2.24. The Labute approximate surface area is 228 Å². The first-order valence-corrected chi connectivity index (χ1v) is 12.2. The zero-order valence-electron chi connectivity index (χ0n) is 21.1. The number of hydrogen-bond donors (Lipinski definition) is 1. The monoisotopic (exact) mass is 618 g/mol. The molecule has 3 aromatic rings. The van der Waals surface area contributed by atoms with Gasteiger partial charge in [-0.3, -0.25) is 4.79 Å². The second kappa shape index (κ2) is 12.9. The molecule has 1 amide bonds. The SMILES string of the molecule is COc1cc(C(=O)Oc2cccc(/C=N/NC(=O)COc3c(C)cc(I)cc3C)c2)cc(OC)c1OC. The lowest BCUT2D eigenvalue weighted by Crippen LogP contribution is -2.25. The average molecular weight is 618 g/mol. The molecule has 0 radical (unpaired) electrons. The molecule has 0 fully saturated rings. The molecular weight excluding hydrogens is 591 g/mol. The number of benzene rings is 3. The molecule has 0 spiro atoms. The van der Waals surface area contributed by atoms with Crippen LogP contribution in [0.2, 0.25) is 0 Å². The first-order valence-electron chi connectivity index (χ1n) is 11.1. The van der Waals surface area contributed by atoms with Gasteiger partial charge in [0.2, 0.25) is 5.75 Å². The second-order valence-electron chi connectivity index (χ2n) is 7.83. The highest BCUT2D eigenvalue weighted by atomic mass is 127. The minimum absolute atomic E-state index is 0.175. The quantitative estimate of drug-likeness (QED) is 0.116. The van der Waals surface area contributed by atoms with Gasteiger partial charge in [-0.05, 0) is 89.5 Å². The van der Waals surface area contributed by atoms with Crippen molar-refractivity contribution in [1.29, 1.82) is 0 Å². The second-order valence-corrected chi connectivity index (χ2v) is 9.07. The van der Waals surface area contributed by atoms with E-state index >= 15 is 0 Å². The summed E-state index contributed by atoms with van der Waals surface area (Å²) in [6.45, 7) is 3.69. The first-order chi connectivity index (χ1) is 17.7. The topological polar surface area (TPSA) is 105 Å². The van der Waals surface area contributed by atoms with Crippen LogP contribution in [0.4, 0.5) is 0 Å². The largest absolute Gasteiger partial charge is 0.493 e. The van der Waals surface area contributed by atoms with Gasteiger partial charge >= 0.3 is 5.97 Å². The number of hydrogen-bond acceptors (Lipinski definition) is 8. The lowest BCUT2D eigenvalue weighted by atomic mass is 10.1. The number of halogens is 1. The van der Waals surface area contributed by atoms with Gasteiger partial charge < -0.3 is 23.7 Å². The zero-order valence-corrected chi connectivity index (χ0v) is 23.2. The van der Waals surface area contributed by atoms with Crippen molar-refractivity contribution >= 4 is 40.7 Å². The van der Waals surface area contributed by atoms with E-state index in [1.54, 1.807) is 24.3 Å². The lowest BCUT2D eigenvalue weighted by Gasteiger charge is -2.13. The van der Waals surface area contributed by atoms with Gasteiger partial charge in [-0.1, -0.05) is 12.1 Å². The molecule has 0 aliphatic rings. The molecule has 10 heteroatoms. The molecule has 0 bridgehead atoms. The van der Waals surface area contributed by atoms with Crippen LogP contribution in [0.5, 0.6) is 28.7 Å². The van der Waals surface area contributed by atoms with Gasteiger partial charge in [-0.25, -0.2) is 10.2 Å². The minimum atomic E-state index is -0.611. The van der Waals surface area contributed by atoms with E-state index in [9.17, 15) is 9.59 Å². The molecule has 0 aromatic heterocycles. The van der Waals surface area contributed by atoms with Crippen LogP contribution in [0.25, 0.3) is 0 Å². The van der Waals surface area contributed by atoms with E-state index in [0.29, 0.717) is 34.3 Å². The summed E-state index contributed by atoms with van der Waals surface area (Å²) in [6, 6.07) is 13.7. The highest BCUT2D eigenvalue weighted by Crippen LogP contribution is 2.38. The molecule has 0 atom stereocenters. The molecule has 3 rings (SSSR count). The standard InChI is InChI=1S/C27H27IN2O7/c1-16-9-20(28)10-17(2)25(16)36-15-24(31)30-29-14-18-7-6-8-21(11-18)37-27(32)19-12-22(33-3)26(35-5)23(13-19)34-4/h6-14H,15H2,1-5H3,(H,30,31)/b29-14+. The van der Waals surface area contributed by atoms with E-state index in [2.05, 4.69) is 33.1 Å². The number of aryl methyl sites for hydroxylation is 2. The molecule has 0 aliphatic carbocycles. The Morgan fingerprint density at radius 3 is 2.16 bits per heavy atom. The van der Waals surface area contributed by atoms with Crippen LogP contribution < -0.4 is 29.1 Å². The number of carbonyl (C=O) groups is 2. The van der Waals surface area contributed by atoms with E-state index in [1.807, 2.05) is 26.0 Å². The van der Waals surface area contributed by atoms with Crippen LogP contribution in [-0.4, -0.2) is 46.0 Å². The number of methoxy groups -OCH3 is 3. The number of rotatable bonds is 10. The normalized spacial score (nSPS) is 10.6. The Hall–Kier alpha value is -3.80. The molecule has 1 N–H and O–H groups in total. The molecule has 0 saturated heterocycles. The number of carbonyl (C=O) groups excluding carboxylic acids is 2. The Morgan fingerprint density at radius 2 is 1.57 bits per heavy atom. The van der Waals surface area contributed by atoms with Crippen molar-refractivity contribution in [2.24, 2.45) is 5.10 Å². The number of esters is 1. The number of nitrogens with one attached hydrogen (secondary N) is 1. The van der Waals surface area contributed by atoms with Crippen LogP contribution in [-0.2, 0) is 4.79 Å². The van der Waals surface area contributed by atoms with E-state index in [-0.39, 0.29) is 12.2 Å². The summed E-state index contributed by atoms with van der Waals surface area (Å²) in [5.41, 5.74) is 5.18. The van der Waals surface area contributed by atoms with Crippen LogP contribution in [0.15, 0.2) is 53.6 Å². The van der Waals surface area contributed by atoms with E-state index < -0.39 is 11.9 Å². The Bertz CT molecular complexity index is 1280. The highest BCUT2D eigenvalue weighted by Gasteiger charge is 2.18. The third-order valence-corrected chi connectivity index (χ3v) is 5.77. The minimum Gasteiger partial charge on any atom is -0.493 e. The fraction of sp³-hybridized carbons (Fsp3) is 0.222. The third kappa shape index (κ3) is 7.35. The summed E-state index contributed by atoms with van der Waals surface area (Å²) < 4.78 is 28.1. The number of hydrazone groups is 1. The number of amides is 1. The van der Waals surface area contributed by atoms with Crippen molar-refractivity contribution in [2.45, 2.75) is 13.8 Å².